The third-order valence-electron chi connectivity index (χ3n) is 2.43. The predicted octanol–water partition coefficient (Wildman–Crippen LogP) is 2.08. The van der Waals surface area contributed by atoms with Gasteiger partial charge in [0.05, 0.1) is 19.8 Å². The zero-order valence-corrected chi connectivity index (χ0v) is 12.1. The molecule has 0 saturated carbocycles. The second-order valence-corrected chi connectivity index (χ2v) is 3.22. The summed E-state index contributed by atoms with van der Waals surface area (Å²) in [6.45, 7) is 3.43. The second-order valence-electron chi connectivity index (χ2n) is 3.22. The first-order chi connectivity index (χ1) is 6.72. The molecule has 0 amide bonds. The van der Waals surface area contributed by atoms with E-state index >= 15 is 0 Å². The lowest BCUT2D eigenvalue weighted by Crippen LogP contribution is -2.38. The Balaban J connectivity index is 0.000000461. The lowest BCUT2D eigenvalue weighted by atomic mass is 9.99. The van der Waals surface area contributed by atoms with Crippen LogP contribution in [0.3, 0.4) is 0 Å². The largest absolute Gasteiger partial charge is 0.465 e. The van der Waals surface area contributed by atoms with Crippen LogP contribution in [-0.2, 0) is 19.0 Å². The molecular weight excluding hydrogens is 414 g/mol. The maximum atomic E-state index is 11.2. The number of carbonyl (C=O) groups excluding carboxylic acids is 1. The SMILES string of the molecule is CC1(C2CCOC2=O)OCCO1.II. The van der Waals surface area contributed by atoms with Gasteiger partial charge in [0.25, 0.3) is 0 Å². The van der Waals surface area contributed by atoms with Crippen LogP contribution in [0.25, 0.3) is 0 Å². The molecule has 82 valence electrons. The highest BCUT2D eigenvalue weighted by Crippen LogP contribution is 2.33. The van der Waals surface area contributed by atoms with Crippen molar-refractivity contribution in [1.82, 2.24) is 0 Å². The minimum Gasteiger partial charge on any atom is -0.465 e. The number of carbonyl (C=O) groups is 1. The molecule has 4 nitrogen and oxygen atoms in total. The van der Waals surface area contributed by atoms with Gasteiger partial charge < -0.3 is 14.2 Å². The van der Waals surface area contributed by atoms with Crippen LogP contribution in [0, 0.1) is 5.92 Å². The van der Waals surface area contributed by atoms with Crippen molar-refractivity contribution in [2.75, 3.05) is 19.8 Å². The van der Waals surface area contributed by atoms with Crippen LogP contribution in [0.1, 0.15) is 13.3 Å². The van der Waals surface area contributed by atoms with Gasteiger partial charge in [0.1, 0.15) is 5.92 Å². The molecule has 2 aliphatic heterocycles. The molecule has 0 aromatic rings. The molecule has 1 atom stereocenters. The van der Waals surface area contributed by atoms with Gasteiger partial charge in [0.2, 0.25) is 0 Å². The minimum atomic E-state index is -0.729. The van der Waals surface area contributed by atoms with Crippen molar-refractivity contribution < 1.29 is 19.0 Å². The van der Waals surface area contributed by atoms with Crippen LogP contribution in [0.2, 0.25) is 0 Å². The van der Waals surface area contributed by atoms with E-state index < -0.39 is 5.79 Å². The average Bonchev–Trinajstić information content (AvgIpc) is 2.79. The zero-order valence-electron chi connectivity index (χ0n) is 7.79. The molecule has 2 fully saturated rings. The summed E-state index contributed by atoms with van der Waals surface area (Å²) in [6.07, 6.45) is 0.704. The Morgan fingerprint density at radius 2 is 1.86 bits per heavy atom. The summed E-state index contributed by atoms with van der Waals surface area (Å²) in [5.41, 5.74) is 0. The first-order valence-corrected chi connectivity index (χ1v) is 10.6. The smallest absolute Gasteiger partial charge is 0.314 e. The molecule has 0 aromatic heterocycles. The summed E-state index contributed by atoms with van der Waals surface area (Å²) in [5, 5.41) is 0. The summed E-state index contributed by atoms with van der Waals surface area (Å²) < 4.78 is 15.6. The molecule has 2 saturated heterocycles. The van der Waals surface area contributed by atoms with Gasteiger partial charge in [-0.1, -0.05) is 0 Å². The highest BCUT2D eigenvalue weighted by atomic mass is 128. The van der Waals surface area contributed by atoms with E-state index in [4.69, 9.17) is 14.2 Å². The number of hydrogen-bond acceptors (Lipinski definition) is 4. The molecular formula is C8H12I2O4. The number of rotatable bonds is 1. The fourth-order valence-electron chi connectivity index (χ4n) is 1.70. The molecule has 0 bridgehead atoms. The van der Waals surface area contributed by atoms with Gasteiger partial charge in [-0.2, -0.15) is 0 Å². The summed E-state index contributed by atoms with van der Waals surface area (Å²) in [7, 11) is 0. The van der Waals surface area contributed by atoms with Crippen molar-refractivity contribution in [1.29, 1.82) is 0 Å². The van der Waals surface area contributed by atoms with Crippen molar-refractivity contribution in [3.05, 3.63) is 0 Å². The molecule has 0 spiro atoms. The molecule has 0 aromatic carbocycles. The number of cyclic esters (lactones) is 1. The standard InChI is InChI=1S/C8H12O4.I2/c1-8(11-4-5-12-8)6-2-3-10-7(6)9;1-2/h6H,2-5H2,1H3;. The number of hydrogen-bond donors (Lipinski definition) is 0. The normalized spacial score (nSPS) is 29.4. The maximum Gasteiger partial charge on any atom is 0.314 e. The molecule has 0 aliphatic carbocycles. The van der Waals surface area contributed by atoms with E-state index in [0.717, 1.165) is 0 Å². The zero-order chi connectivity index (χ0) is 10.6. The molecule has 6 heteroatoms. The van der Waals surface area contributed by atoms with Gasteiger partial charge in [0.15, 0.2) is 5.79 Å². The molecule has 0 N–H and O–H groups in total. The fourth-order valence-corrected chi connectivity index (χ4v) is 1.70. The van der Waals surface area contributed by atoms with Crippen LogP contribution < -0.4 is 0 Å². The average molecular weight is 426 g/mol. The van der Waals surface area contributed by atoms with E-state index in [2.05, 4.69) is 37.2 Å². The number of ether oxygens (including phenoxy) is 3. The number of halogens is 2. The minimum absolute atomic E-state index is 0.195. The Kier molecular flexibility index (Phi) is 5.36. The first kappa shape index (κ1) is 12.9. The first-order valence-electron chi connectivity index (χ1n) is 4.31. The summed E-state index contributed by atoms with van der Waals surface area (Å²) in [6, 6.07) is 0. The van der Waals surface area contributed by atoms with Crippen LogP contribution in [-0.4, -0.2) is 31.6 Å². The van der Waals surface area contributed by atoms with Crippen molar-refractivity contribution in [3.63, 3.8) is 0 Å². The monoisotopic (exact) mass is 426 g/mol. The van der Waals surface area contributed by atoms with E-state index in [9.17, 15) is 4.79 Å². The Labute approximate surface area is 106 Å². The molecule has 1 unspecified atom stereocenters. The summed E-state index contributed by atoms with van der Waals surface area (Å²) >= 11 is 4.24. The highest BCUT2D eigenvalue weighted by molar-refractivity contribution is 15.0. The molecule has 0 radical (unpaired) electrons. The molecule has 2 aliphatic rings. The van der Waals surface area contributed by atoms with Crippen LogP contribution in [0.4, 0.5) is 0 Å². The van der Waals surface area contributed by atoms with Crippen LogP contribution in [0.5, 0.6) is 0 Å². The van der Waals surface area contributed by atoms with Crippen molar-refractivity contribution in [3.8, 4) is 0 Å². The number of esters is 1. The van der Waals surface area contributed by atoms with E-state index in [-0.39, 0.29) is 11.9 Å². The van der Waals surface area contributed by atoms with Crippen molar-refractivity contribution in [2.45, 2.75) is 19.1 Å². The topological polar surface area (TPSA) is 44.8 Å². The summed E-state index contributed by atoms with van der Waals surface area (Å²) in [5.74, 6) is -1.16. The van der Waals surface area contributed by atoms with E-state index in [1.165, 1.54) is 0 Å². The van der Waals surface area contributed by atoms with Crippen LogP contribution in [0.15, 0.2) is 0 Å². The molecule has 2 heterocycles. The Morgan fingerprint density at radius 1 is 1.29 bits per heavy atom. The van der Waals surface area contributed by atoms with Crippen LogP contribution >= 0.6 is 37.2 Å². The predicted molar refractivity (Wildman–Crippen MR) is 67.4 cm³/mol. The van der Waals surface area contributed by atoms with Gasteiger partial charge in [-0.3, -0.25) is 4.79 Å². The lowest BCUT2D eigenvalue weighted by molar-refractivity contribution is -0.189. The Morgan fingerprint density at radius 3 is 2.29 bits per heavy atom. The third-order valence-corrected chi connectivity index (χ3v) is 2.43. The molecule has 14 heavy (non-hydrogen) atoms. The third kappa shape index (κ3) is 2.70. The molecule has 2 rings (SSSR count). The van der Waals surface area contributed by atoms with Crippen molar-refractivity contribution in [2.24, 2.45) is 5.92 Å². The van der Waals surface area contributed by atoms with E-state index in [1.54, 1.807) is 6.92 Å². The van der Waals surface area contributed by atoms with Crippen molar-refractivity contribution >= 4 is 43.2 Å². The highest BCUT2D eigenvalue weighted by Gasteiger charge is 2.47. The maximum absolute atomic E-state index is 11.2. The van der Waals surface area contributed by atoms with E-state index in [0.29, 0.717) is 26.2 Å². The quantitative estimate of drug-likeness (QED) is 0.476. The van der Waals surface area contributed by atoms with Gasteiger partial charge in [0, 0.05) is 43.7 Å². The van der Waals surface area contributed by atoms with Gasteiger partial charge in [-0.15, -0.1) is 0 Å². The van der Waals surface area contributed by atoms with Gasteiger partial charge >= 0.3 is 5.97 Å². The fraction of sp³-hybridized carbons (Fsp3) is 0.875. The lowest BCUT2D eigenvalue weighted by Gasteiger charge is -2.25. The Hall–Kier alpha value is 0.850. The second kappa shape index (κ2) is 5.80. The van der Waals surface area contributed by atoms with Gasteiger partial charge in [-0.05, 0) is 6.92 Å². The van der Waals surface area contributed by atoms with E-state index in [1.807, 2.05) is 0 Å². The summed E-state index contributed by atoms with van der Waals surface area (Å²) in [4.78, 5) is 11.2. The van der Waals surface area contributed by atoms with Gasteiger partial charge in [-0.25, -0.2) is 0 Å². The Bertz CT molecular complexity index is 204.